The maximum absolute atomic E-state index is 11.7. The van der Waals surface area contributed by atoms with Gasteiger partial charge in [-0.15, -0.1) is 0 Å². The highest BCUT2D eigenvalue weighted by Crippen LogP contribution is 2.68. The number of rotatable bonds is 2. The monoisotopic (exact) mass is 350 g/mol. The average Bonchev–Trinajstić information content (AvgIpc) is 3.22. The van der Waals surface area contributed by atoms with E-state index in [2.05, 4.69) is 27.9 Å². The molecule has 2 aliphatic carbocycles. The van der Waals surface area contributed by atoms with Crippen LogP contribution in [0.4, 0.5) is 4.79 Å². The van der Waals surface area contributed by atoms with Crippen LogP contribution in [-0.2, 0) is 11.3 Å². The molecule has 0 radical (unpaired) electrons. The second kappa shape index (κ2) is 5.00. The van der Waals surface area contributed by atoms with Gasteiger partial charge in [-0.3, -0.25) is 0 Å². The number of fused-ring (bicyclic) bond motifs is 1. The van der Waals surface area contributed by atoms with Crippen molar-refractivity contribution in [1.82, 2.24) is 14.9 Å². The molecule has 134 valence electrons. The third-order valence-electron chi connectivity index (χ3n) is 7.04. The summed E-state index contributed by atoms with van der Waals surface area (Å²) in [6.07, 6.45) is 7.02. The summed E-state index contributed by atoms with van der Waals surface area (Å²) in [5.74, 6) is 0. The number of imidazole rings is 1. The fraction of sp³-hybridized carbons (Fsp3) is 0.550. The zero-order chi connectivity index (χ0) is 18.0. The molecule has 6 heteroatoms. The molecule has 1 N–H and O–H groups in total. The van der Waals surface area contributed by atoms with Crippen LogP contribution in [0.15, 0.2) is 24.5 Å². The molecule has 2 spiro atoms. The molecule has 1 aliphatic heterocycles. The lowest BCUT2D eigenvalue weighted by atomic mass is 9.59. The number of hydrogen-bond donors (Lipinski definition) is 1. The van der Waals surface area contributed by atoms with Gasteiger partial charge >= 0.3 is 6.09 Å². The van der Waals surface area contributed by atoms with Gasteiger partial charge in [0.15, 0.2) is 0 Å². The molecule has 3 aliphatic rings. The summed E-state index contributed by atoms with van der Waals surface area (Å²) in [5, 5.41) is 12.1. The van der Waals surface area contributed by atoms with Gasteiger partial charge in [-0.25, -0.2) is 9.78 Å². The first-order valence-corrected chi connectivity index (χ1v) is 9.29. The van der Waals surface area contributed by atoms with Crippen LogP contribution >= 0.6 is 0 Å². The summed E-state index contributed by atoms with van der Waals surface area (Å²) in [6.45, 7) is 3.78. The van der Waals surface area contributed by atoms with E-state index < -0.39 is 0 Å². The fourth-order valence-electron chi connectivity index (χ4n) is 5.35. The molecule has 6 nitrogen and oxygen atoms in total. The van der Waals surface area contributed by atoms with Crippen LogP contribution in [-0.4, -0.2) is 27.8 Å². The number of ether oxygens (including phenoxy) is 1. The van der Waals surface area contributed by atoms with Crippen LogP contribution in [0.3, 0.4) is 0 Å². The number of hydrogen-bond acceptors (Lipinski definition) is 4. The molecule has 1 amide bonds. The van der Waals surface area contributed by atoms with Crippen molar-refractivity contribution in [3.63, 3.8) is 0 Å². The Morgan fingerprint density at radius 3 is 2.85 bits per heavy atom. The largest absolute Gasteiger partial charge is 0.441 e. The van der Waals surface area contributed by atoms with Crippen LogP contribution in [0.1, 0.15) is 44.6 Å². The van der Waals surface area contributed by atoms with Crippen molar-refractivity contribution < 1.29 is 9.53 Å². The van der Waals surface area contributed by atoms with Crippen molar-refractivity contribution in [2.45, 2.75) is 51.2 Å². The first kappa shape index (κ1) is 15.7. The van der Waals surface area contributed by atoms with E-state index in [0.29, 0.717) is 17.5 Å². The molecule has 0 bridgehead atoms. The Balaban J connectivity index is 1.51. The number of carbonyl (C=O) groups excluding carboxylic acids is 1. The van der Waals surface area contributed by atoms with Gasteiger partial charge < -0.3 is 14.6 Å². The SMILES string of the molecule is C[C@@]1(Cn2cnc3ccc(C#N)cc32)C[C@@]2(CCC13CC3)CNC(=O)O2. The molecule has 1 saturated heterocycles. The third kappa shape index (κ3) is 2.16. The minimum Gasteiger partial charge on any atom is -0.441 e. The Bertz CT molecular complexity index is 954. The quantitative estimate of drug-likeness (QED) is 0.901. The zero-order valence-electron chi connectivity index (χ0n) is 14.9. The van der Waals surface area contributed by atoms with Crippen LogP contribution in [0.2, 0.25) is 0 Å². The van der Waals surface area contributed by atoms with Crippen molar-refractivity contribution in [1.29, 1.82) is 5.26 Å². The number of nitriles is 1. The summed E-state index contributed by atoms with van der Waals surface area (Å²) < 4.78 is 7.91. The number of carbonyl (C=O) groups is 1. The van der Waals surface area contributed by atoms with Crippen molar-refractivity contribution in [3.05, 3.63) is 30.1 Å². The van der Waals surface area contributed by atoms with Gasteiger partial charge in [-0.2, -0.15) is 5.26 Å². The van der Waals surface area contributed by atoms with Crippen LogP contribution in [0.25, 0.3) is 11.0 Å². The number of amides is 1. The fourth-order valence-corrected chi connectivity index (χ4v) is 5.35. The molecule has 1 aromatic carbocycles. The Hall–Kier alpha value is -2.55. The first-order valence-electron chi connectivity index (χ1n) is 9.29. The molecule has 3 fully saturated rings. The van der Waals surface area contributed by atoms with Crippen molar-refractivity contribution in [3.8, 4) is 6.07 Å². The smallest absolute Gasteiger partial charge is 0.407 e. The summed E-state index contributed by atoms with van der Waals surface area (Å²) in [7, 11) is 0. The molecule has 5 rings (SSSR count). The molecule has 26 heavy (non-hydrogen) atoms. The second-order valence-electron chi connectivity index (χ2n) is 8.63. The highest BCUT2D eigenvalue weighted by Gasteiger charge is 2.63. The number of alkyl carbamates (subject to hydrolysis) is 1. The third-order valence-corrected chi connectivity index (χ3v) is 7.04. The Labute approximate surface area is 152 Å². The molecular formula is C20H22N4O2. The van der Waals surface area contributed by atoms with Gasteiger partial charge in [-0.05, 0) is 61.1 Å². The highest BCUT2D eigenvalue weighted by molar-refractivity contribution is 5.77. The number of benzene rings is 1. The van der Waals surface area contributed by atoms with E-state index in [1.807, 2.05) is 24.5 Å². The molecule has 2 saturated carbocycles. The Morgan fingerprint density at radius 1 is 1.35 bits per heavy atom. The van der Waals surface area contributed by atoms with Gasteiger partial charge in [0.05, 0.1) is 35.5 Å². The van der Waals surface area contributed by atoms with Crippen LogP contribution in [0.5, 0.6) is 0 Å². The van der Waals surface area contributed by atoms with Gasteiger partial charge in [0.25, 0.3) is 0 Å². The highest BCUT2D eigenvalue weighted by atomic mass is 16.6. The minimum absolute atomic E-state index is 0.0355. The van der Waals surface area contributed by atoms with E-state index in [-0.39, 0.29) is 17.1 Å². The summed E-state index contributed by atoms with van der Waals surface area (Å²) in [6, 6.07) is 7.85. The van der Waals surface area contributed by atoms with E-state index in [0.717, 1.165) is 36.8 Å². The summed E-state index contributed by atoms with van der Waals surface area (Å²) in [5.41, 5.74) is 2.58. The summed E-state index contributed by atoms with van der Waals surface area (Å²) >= 11 is 0. The van der Waals surface area contributed by atoms with Crippen LogP contribution < -0.4 is 5.32 Å². The average molecular weight is 350 g/mol. The molecule has 0 unspecified atom stereocenters. The van der Waals surface area contributed by atoms with E-state index in [4.69, 9.17) is 4.74 Å². The van der Waals surface area contributed by atoms with Gasteiger partial charge in [0.1, 0.15) is 5.60 Å². The maximum atomic E-state index is 11.7. The standard InChI is InChI=1S/C20H22N4O2/c1-18(12-24-13-23-15-3-2-14(9-21)8-16(15)24)10-20(11-22-17(25)26-20)7-6-19(18)4-5-19/h2-3,8,13H,4-7,10-12H2,1H3,(H,22,25)/t18-,20-/m0/s1. The number of nitrogens with one attached hydrogen (secondary N) is 1. The Kier molecular flexibility index (Phi) is 3.02. The Morgan fingerprint density at radius 2 is 2.15 bits per heavy atom. The van der Waals surface area contributed by atoms with E-state index in [1.54, 1.807) is 0 Å². The minimum atomic E-state index is -0.367. The zero-order valence-corrected chi connectivity index (χ0v) is 14.9. The maximum Gasteiger partial charge on any atom is 0.407 e. The van der Waals surface area contributed by atoms with E-state index in [1.165, 1.54) is 12.8 Å². The van der Waals surface area contributed by atoms with Crippen molar-refractivity contribution >= 4 is 17.1 Å². The number of aromatic nitrogens is 2. The summed E-state index contributed by atoms with van der Waals surface area (Å²) in [4.78, 5) is 16.2. The predicted octanol–water partition coefficient (Wildman–Crippen LogP) is 3.36. The van der Waals surface area contributed by atoms with Crippen LogP contribution in [0, 0.1) is 22.2 Å². The number of nitrogens with zero attached hydrogens (tertiary/aromatic N) is 3. The van der Waals surface area contributed by atoms with E-state index >= 15 is 0 Å². The molecule has 2 heterocycles. The topological polar surface area (TPSA) is 79.9 Å². The molecular weight excluding hydrogens is 328 g/mol. The molecule has 2 atom stereocenters. The molecule has 1 aromatic heterocycles. The normalized spacial score (nSPS) is 31.8. The van der Waals surface area contributed by atoms with Gasteiger partial charge in [0, 0.05) is 6.54 Å². The second-order valence-corrected chi connectivity index (χ2v) is 8.63. The van der Waals surface area contributed by atoms with Crippen molar-refractivity contribution in [2.24, 2.45) is 10.8 Å². The van der Waals surface area contributed by atoms with Gasteiger partial charge in [-0.1, -0.05) is 6.92 Å². The lowest BCUT2D eigenvalue weighted by Gasteiger charge is -2.49. The predicted molar refractivity (Wildman–Crippen MR) is 95.3 cm³/mol. The van der Waals surface area contributed by atoms with E-state index in [9.17, 15) is 10.1 Å². The van der Waals surface area contributed by atoms with Gasteiger partial charge in [0.2, 0.25) is 0 Å². The lowest BCUT2D eigenvalue weighted by molar-refractivity contribution is -0.0669. The molecule has 2 aromatic rings. The van der Waals surface area contributed by atoms with Crippen molar-refractivity contribution in [2.75, 3.05) is 6.54 Å². The first-order chi connectivity index (χ1) is 12.5. The lowest BCUT2D eigenvalue weighted by Crippen LogP contribution is -2.50.